The van der Waals surface area contributed by atoms with Crippen LogP contribution in [0, 0.1) is 11.7 Å². The zero-order valence-corrected chi connectivity index (χ0v) is 13.0. The van der Waals surface area contributed by atoms with Crippen LogP contribution in [0.15, 0.2) is 22.7 Å². The first-order valence-corrected chi connectivity index (χ1v) is 8.35. The van der Waals surface area contributed by atoms with Gasteiger partial charge in [-0.05, 0) is 61.9 Å². The van der Waals surface area contributed by atoms with E-state index in [1.807, 2.05) is 24.9 Å². The fraction of sp³-hybridized carbons (Fsp3) is 0.571. The van der Waals surface area contributed by atoms with Gasteiger partial charge >= 0.3 is 0 Å². The smallest absolute Gasteiger partial charge is 0.128 e. The molecule has 1 nitrogen and oxygen atoms in total. The van der Waals surface area contributed by atoms with Crippen molar-refractivity contribution in [3.63, 3.8) is 0 Å². The van der Waals surface area contributed by atoms with E-state index in [4.69, 9.17) is 0 Å². The summed E-state index contributed by atoms with van der Waals surface area (Å²) in [7, 11) is 1.92. The highest BCUT2D eigenvalue weighted by molar-refractivity contribution is 9.10. The van der Waals surface area contributed by atoms with Gasteiger partial charge in [0.2, 0.25) is 0 Å². The Labute approximate surface area is 121 Å². The molecule has 100 valence electrons. The van der Waals surface area contributed by atoms with Crippen LogP contribution in [0.4, 0.5) is 4.39 Å². The average molecular weight is 332 g/mol. The third-order valence-electron chi connectivity index (χ3n) is 3.59. The van der Waals surface area contributed by atoms with Crippen LogP contribution in [0.5, 0.6) is 0 Å². The summed E-state index contributed by atoms with van der Waals surface area (Å²) in [6, 6.07) is 5.31. The molecule has 0 bridgehead atoms. The monoisotopic (exact) mass is 331 g/mol. The molecule has 1 aromatic rings. The topological polar surface area (TPSA) is 12.0 Å². The molecule has 0 aliphatic carbocycles. The summed E-state index contributed by atoms with van der Waals surface area (Å²) in [6.07, 6.45) is 3.56. The quantitative estimate of drug-likeness (QED) is 0.878. The van der Waals surface area contributed by atoms with E-state index >= 15 is 0 Å². The van der Waals surface area contributed by atoms with Gasteiger partial charge in [-0.2, -0.15) is 11.8 Å². The van der Waals surface area contributed by atoms with E-state index in [9.17, 15) is 4.39 Å². The molecule has 0 radical (unpaired) electrons. The van der Waals surface area contributed by atoms with Gasteiger partial charge in [0.25, 0.3) is 0 Å². The molecule has 1 atom stereocenters. The van der Waals surface area contributed by atoms with Gasteiger partial charge < -0.3 is 5.32 Å². The van der Waals surface area contributed by atoms with Crippen molar-refractivity contribution in [2.24, 2.45) is 5.92 Å². The first kappa shape index (κ1) is 14.4. The molecule has 4 heteroatoms. The average Bonchev–Trinajstić information content (AvgIpc) is 2.40. The molecule has 1 heterocycles. The van der Waals surface area contributed by atoms with Crippen molar-refractivity contribution in [1.29, 1.82) is 0 Å². The Morgan fingerprint density at radius 2 is 2.17 bits per heavy atom. The molecule has 1 saturated heterocycles. The molecular formula is C14H19BrFNS. The molecule has 1 fully saturated rings. The van der Waals surface area contributed by atoms with E-state index in [2.05, 4.69) is 21.2 Å². The van der Waals surface area contributed by atoms with Crippen molar-refractivity contribution < 1.29 is 4.39 Å². The van der Waals surface area contributed by atoms with Crippen molar-refractivity contribution in [3.05, 3.63) is 34.1 Å². The summed E-state index contributed by atoms with van der Waals surface area (Å²) in [5, 5.41) is 3.27. The van der Waals surface area contributed by atoms with Crippen LogP contribution in [0.3, 0.4) is 0 Å². The van der Waals surface area contributed by atoms with E-state index < -0.39 is 0 Å². The number of rotatable bonds is 4. The fourth-order valence-corrected chi connectivity index (χ4v) is 4.08. The third kappa shape index (κ3) is 3.72. The lowest BCUT2D eigenvalue weighted by molar-refractivity contribution is 0.376. The summed E-state index contributed by atoms with van der Waals surface area (Å²) in [6.45, 7) is 0. The van der Waals surface area contributed by atoms with Crippen molar-refractivity contribution in [1.82, 2.24) is 5.32 Å². The highest BCUT2D eigenvalue weighted by Crippen LogP contribution is 2.32. The highest BCUT2D eigenvalue weighted by Gasteiger charge is 2.21. The molecule has 18 heavy (non-hydrogen) atoms. The lowest BCUT2D eigenvalue weighted by Crippen LogP contribution is -2.23. The van der Waals surface area contributed by atoms with Crippen molar-refractivity contribution >= 4 is 27.7 Å². The molecule has 2 rings (SSSR count). The second-order valence-corrected chi connectivity index (χ2v) is 6.94. The second-order valence-electron chi connectivity index (χ2n) is 4.80. The molecule has 0 saturated carbocycles. The van der Waals surface area contributed by atoms with Gasteiger partial charge in [0.15, 0.2) is 0 Å². The normalized spacial score (nSPS) is 18.8. The van der Waals surface area contributed by atoms with Crippen LogP contribution in [-0.2, 0) is 0 Å². The van der Waals surface area contributed by atoms with Crippen LogP contribution in [0.2, 0.25) is 0 Å². The molecule has 0 aromatic heterocycles. The molecule has 0 amide bonds. The summed E-state index contributed by atoms with van der Waals surface area (Å²) in [5.74, 6) is 3.12. The van der Waals surface area contributed by atoms with Crippen LogP contribution >= 0.6 is 27.7 Å². The predicted octanol–water partition coefficient (Wildman–Crippen LogP) is 4.38. The van der Waals surface area contributed by atoms with Gasteiger partial charge in [-0.1, -0.05) is 15.9 Å². The van der Waals surface area contributed by atoms with Gasteiger partial charge in [-0.25, -0.2) is 4.39 Å². The van der Waals surface area contributed by atoms with E-state index in [-0.39, 0.29) is 11.9 Å². The zero-order chi connectivity index (χ0) is 13.0. The van der Waals surface area contributed by atoms with Crippen molar-refractivity contribution in [3.8, 4) is 0 Å². The minimum Gasteiger partial charge on any atom is -0.313 e. The molecule has 1 aromatic carbocycles. The molecule has 1 aliphatic rings. The van der Waals surface area contributed by atoms with Crippen molar-refractivity contribution in [2.45, 2.75) is 25.3 Å². The Morgan fingerprint density at radius 3 is 2.83 bits per heavy atom. The van der Waals surface area contributed by atoms with Gasteiger partial charge in [0.05, 0.1) is 0 Å². The summed E-state index contributed by atoms with van der Waals surface area (Å²) < 4.78 is 14.8. The third-order valence-corrected chi connectivity index (χ3v) is 5.13. The Hall–Kier alpha value is -0.0600. The van der Waals surface area contributed by atoms with E-state index in [1.54, 1.807) is 12.1 Å². The molecular weight excluding hydrogens is 313 g/mol. The van der Waals surface area contributed by atoms with Gasteiger partial charge in [-0.3, -0.25) is 0 Å². The van der Waals surface area contributed by atoms with Crippen LogP contribution in [0.25, 0.3) is 0 Å². The molecule has 1 N–H and O–H groups in total. The van der Waals surface area contributed by atoms with Gasteiger partial charge in [0.1, 0.15) is 5.82 Å². The fourth-order valence-electron chi connectivity index (χ4n) is 2.50. The maximum Gasteiger partial charge on any atom is 0.128 e. The first-order chi connectivity index (χ1) is 8.70. The van der Waals surface area contributed by atoms with Gasteiger partial charge in [0, 0.05) is 16.1 Å². The van der Waals surface area contributed by atoms with E-state index in [1.165, 1.54) is 24.3 Å². The standard InChI is InChI=1S/C14H19BrFNS/c1-17-14(8-10-4-6-18-7-5-10)12-9-11(15)2-3-13(12)16/h2-3,9-10,14,17H,4-8H2,1H3. The maximum atomic E-state index is 13.9. The molecule has 1 unspecified atom stereocenters. The number of hydrogen-bond donors (Lipinski definition) is 1. The number of nitrogens with one attached hydrogen (secondary N) is 1. The van der Waals surface area contributed by atoms with Crippen LogP contribution in [0.1, 0.15) is 30.9 Å². The lowest BCUT2D eigenvalue weighted by atomic mass is 9.90. The van der Waals surface area contributed by atoms with Crippen molar-refractivity contribution in [2.75, 3.05) is 18.6 Å². The van der Waals surface area contributed by atoms with Crippen LogP contribution in [-0.4, -0.2) is 18.6 Å². The minimum absolute atomic E-state index is 0.109. The Morgan fingerprint density at radius 1 is 1.44 bits per heavy atom. The molecule has 1 aliphatic heterocycles. The maximum absolute atomic E-state index is 13.9. The SMILES string of the molecule is CNC(CC1CCSCC1)c1cc(Br)ccc1F. The van der Waals surface area contributed by atoms with E-state index in [0.29, 0.717) is 0 Å². The Balaban J connectivity index is 2.09. The minimum atomic E-state index is -0.109. The lowest BCUT2D eigenvalue weighted by Gasteiger charge is -2.26. The highest BCUT2D eigenvalue weighted by atomic mass is 79.9. The first-order valence-electron chi connectivity index (χ1n) is 6.40. The summed E-state index contributed by atoms with van der Waals surface area (Å²) >= 11 is 5.45. The summed E-state index contributed by atoms with van der Waals surface area (Å²) in [4.78, 5) is 0. The number of halogens is 2. The Bertz CT molecular complexity index is 393. The predicted molar refractivity (Wildman–Crippen MR) is 80.6 cm³/mol. The largest absolute Gasteiger partial charge is 0.313 e. The second kappa shape index (κ2) is 6.92. The zero-order valence-electron chi connectivity index (χ0n) is 10.6. The van der Waals surface area contributed by atoms with E-state index in [0.717, 1.165) is 22.4 Å². The van der Waals surface area contributed by atoms with Crippen LogP contribution < -0.4 is 5.32 Å². The summed E-state index contributed by atoms with van der Waals surface area (Å²) in [5.41, 5.74) is 0.783. The number of benzene rings is 1. The van der Waals surface area contributed by atoms with Gasteiger partial charge in [-0.15, -0.1) is 0 Å². The molecule has 0 spiro atoms. The Kier molecular flexibility index (Phi) is 5.52. The number of thioether (sulfide) groups is 1. The number of hydrogen-bond acceptors (Lipinski definition) is 2.